The van der Waals surface area contributed by atoms with Gasteiger partial charge in [-0.15, -0.1) is 11.3 Å². The van der Waals surface area contributed by atoms with E-state index in [9.17, 15) is 18.0 Å². The summed E-state index contributed by atoms with van der Waals surface area (Å²) in [6, 6.07) is 14.4. The number of nitrogens with two attached hydrogens (primary N) is 1. The first-order valence-corrected chi connectivity index (χ1v) is 12.7. The second-order valence-electron chi connectivity index (χ2n) is 8.93. The molecule has 1 saturated carbocycles. The van der Waals surface area contributed by atoms with Gasteiger partial charge >= 0.3 is 6.18 Å². The zero-order valence-corrected chi connectivity index (χ0v) is 20.5. The molecule has 0 spiro atoms. The first-order valence-electron chi connectivity index (χ1n) is 11.8. The summed E-state index contributed by atoms with van der Waals surface area (Å²) in [6.45, 7) is 1.06. The summed E-state index contributed by atoms with van der Waals surface area (Å²) in [4.78, 5) is 17.7. The standard InChI is InChI=1S/C26H25F3N6OS/c27-26(28,29)22-13-21(35(34-22)20-6-1-3-17(11-20)14-30)24(36)33-19-5-2-4-18(12-19)23(25-31-9-10-37-25)32-15-16-7-8-16/h1-6,9-13,16,23,32H,7-8,14-15,30H2,(H,33,36). The average Bonchev–Trinajstić information content (AvgIpc) is 3.35. The number of halogens is 3. The fourth-order valence-corrected chi connectivity index (χ4v) is 4.75. The van der Waals surface area contributed by atoms with Gasteiger partial charge in [0.2, 0.25) is 0 Å². The van der Waals surface area contributed by atoms with Gasteiger partial charge in [0.15, 0.2) is 5.69 Å². The van der Waals surface area contributed by atoms with Gasteiger partial charge in [-0.2, -0.15) is 18.3 Å². The number of hydrogen-bond acceptors (Lipinski definition) is 6. The molecule has 37 heavy (non-hydrogen) atoms. The molecular weight excluding hydrogens is 501 g/mol. The lowest BCUT2D eigenvalue weighted by Crippen LogP contribution is -2.24. The van der Waals surface area contributed by atoms with Crippen LogP contribution in [0.1, 0.15) is 51.2 Å². The Hall–Kier alpha value is -3.54. The third-order valence-electron chi connectivity index (χ3n) is 6.11. The van der Waals surface area contributed by atoms with Gasteiger partial charge in [0.05, 0.1) is 11.7 Å². The van der Waals surface area contributed by atoms with Crippen molar-refractivity contribution in [2.45, 2.75) is 31.6 Å². The van der Waals surface area contributed by atoms with Crippen LogP contribution in [0.25, 0.3) is 5.69 Å². The van der Waals surface area contributed by atoms with Crippen LogP contribution in [-0.2, 0) is 12.7 Å². The van der Waals surface area contributed by atoms with Crippen LogP contribution in [0.2, 0.25) is 0 Å². The van der Waals surface area contributed by atoms with Gasteiger partial charge in [-0.1, -0.05) is 24.3 Å². The lowest BCUT2D eigenvalue weighted by atomic mass is 10.1. The normalized spacial score (nSPS) is 14.5. The predicted molar refractivity (Wildman–Crippen MR) is 136 cm³/mol. The van der Waals surface area contributed by atoms with Crippen LogP contribution in [-0.4, -0.2) is 27.2 Å². The van der Waals surface area contributed by atoms with Gasteiger partial charge in [-0.05, 0) is 60.7 Å². The van der Waals surface area contributed by atoms with Crippen molar-refractivity contribution in [3.05, 3.63) is 93.7 Å². The van der Waals surface area contributed by atoms with Crippen molar-refractivity contribution in [3.8, 4) is 5.69 Å². The molecule has 2 aromatic heterocycles. The van der Waals surface area contributed by atoms with E-state index >= 15 is 0 Å². The molecule has 2 heterocycles. The average molecular weight is 527 g/mol. The van der Waals surface area contributed by atoms with Crippen LogP contribution >= 0.6 is 11.3 Å². The molecule has 1 unspecified atom stereocenters. The molecule has 1 amide bonds. The summed E-state index contributed by atoms with van der Waals surface area (Å²) < 4.78 is 41.5. The van der Waals surface area contributed by atoms with Crippen LogP contribution < -0.4 is 16.4 Å². The molecule has 5 rings (SSSR count). The molecule has 11 heteroatoms. The molecule has 0 radical (unpaired) electrons. The Balaban J connectivity index is 1.44. The Labute approximate surface area is 215 Å². The topological polar surface area (TPSA) is 97.9 Å². The molecule has 0 bridgehead atoms. The second kappa shape index (κ2) is 10.4. The zero-order chi connectivity index (χ0) is 26.0. The maximum atomic E-state index is 13.5. The molecule has 1 atom stereocenters. The Morgan fingerprint density at radius 3 is 2.68 bits per heavy atom. The van der Waals surface area contributed by atoms with Crippen molar-refractivity contribution in [1.29, 1.82) is 0 Å². The largest absolute Gasteiger partial charge is 0.435 e. The highest BCUT2D eigenvalue weighted by molar-refractivity contribution is 7.09. The molecule has 7 nitrogen and oxygen atoms in total. The zero-order valence-electron chi connectivity index (χ0n) is 19.7. The number of carbonyl (C=O) groups is 1. The fraction of sp³-hybridized carbons (Fsp3) is 0.269. The maximum absolute atomic E-state index is 13.5. The summed E-state index contributed by atoms with van der Waals surface area (Å²) >= 11 is 1.53. The van der Waals surface area contributed by atoms with Crippen LogP contribution in [0.4, 0.5) is 18.9 Å². The number of thiazole rings is 1. The third-order valence-corrected chi connectivity index (χ3v) is 6.95. The minimum absolute atomic E-state index is 0.154. The van der Waals surface area contributed by atoms with Crippen LogP contribution in [0.3, 0.4) is 0 Å². The summed E-state index contributed by atoms with van der Waals surface area (Å²) in [6.07, 6.45) is -0.554. The van der Waals surface area contributed by atoms with Crippen LogP contribution in [0.5, 0.6) is 0 Å². The van der Waals surface area contributed by atoms with E-state index in [1.54, 1.807) is 42.6 Å². The molecular formula is C26H25F3N6OS. The van der Waals surface area contributed by atoms with Crippen molar-refractivity contribution >= 4 is 22.9 Å². The van der Waals surface area contributed by atoms with E-state index in [1.807, 2.05) is 17.5 Å². The molecule has 1 fully saturated rings. The number of aromatic nitrogens is 3. The van der Waals surface area contributed by atoms with E-state index in [0.717, 1.165) is 27.9 Å². The van der Waals surface area contributed by atoms with Gasteiger partial charge in [0, 0.05) is 29.9 Å². The fourth-order valence-electron chi connectivity index (χ4n) is 4.02. The highest BCUT2D eigenvalue weighted by Crippen LogP contribution is 2.32. The monoisotopic (exact) mass is 526 g/mol. The van der Waals surface area contributed by atoms with Gasteiger partial charge in [0.1, 0.15) is 10.7 Å². The van der Waals surface area contributed by atoms with Gasteiger partial charge in [-0.3, -0.25) is 4.79 Å². The number of hydrogen-bond donors (Lipinski definition) is 3. The molecule has 1 aliphatic carbocycles. The summed E-state index contributed by atoms with van der Waals surface area (Å²) in [5.41, 5.74) is 6.65. The highest BCUT2D eigenvalue weighted by Gasteiger charge is 2.36. The lowest BCUT2D eigenvalue weighted by molar-refractivity contribution is -0.141. The Morgan fingerprint density at radius 1 is 1.16 bits per heavy atom. The number of benzene rings is 2. The number of nitrogens with zero attached hydrogens (tertiary/aromatic N) is 3. The lowest BCUT2D eigenvalue weighted by Gasteiger charge is -2.18. The van der Waals surface area contributed by atoms with E-state index in [1.165, 1.54) is 24.2 Å². The van der Waals surface area contributed by atoms with Crippen molar-refractivity contribution < 1.29 is 18.0 Å². The van der Waals surface area contributed by atoms with Crippen molar-refractivity contribution in [2.75, 3.05) is 11.9 Å². The van der Waals surface area contributed by atoms with Crippen molar-refractivity contribution in [3.63, 3.8) is 0 Å². The molecule has 192 valence electrons. The third kappa shape index (κ3) is 5.90. The Morgan fingerprint density at radius 2 is 1.97 bits per heavy atom. The molecule has 4 N–H and O–H groups in total. The number of amides is 1. The minimum atomic E-state index is -4.71. The smallest absolute Gasteiger partial charge is 0.326 e. The molecule has 4 aromatic rings. The minimum Gasteiger partial charge on any atom is -0.326 e. The summed E-state index contributed by atoms with van der Waals surface area (Å²) in [5, 5.41) is 12.8. The highest BCUT2D eigenvalue weighted by atomic mass is 32.1. The number of anilines is 1. The predicted octanol–water partition coefficient (Wildman–Crippen LogP) is 5.15. The Bertz CT molecular complexity index is 1380. The first kappa shape index (κ1) is 25.1. The number of nitrogens with one attached hydrogen (secondary N) is 2. The number of carbonyl (C=O) groups excluding carboxylic acids is 1. The Kier molecular flexibility index (Phi) is 7.09. The summed E-state index contributed by atoms with van der Waals surface area (Å²) in [7, 11) is 0. The van der Waals surface area contributed by atoms with E-state index < -0.39 is 17.8 Å². The van der Waals surface area contributed by atoms with Crippen LogP contribution in [0, 0.1) is 5.92 Å². The van der Waals surface area contributed by atoms with Gasteiger partial charge in [0.25, 0.3) is 5.91 Å². The summed E-state index contributed by atoms with van der Waals surface area (Å²) in [5.74, 6) is -0.0544. The molecule has 1 aliphatic rings. The maximum Gasteiger partial charge on any atom is 0.435 e. The number of alkyl halides is 3. The number of rotatable bonds is 9. The molecule has 0 aliphatic heterocycles. The van der Waals surface area contributed by atoms with Gasteiger partial charge in [-0.25, -0.2) is 9.67 Å². The van der Waals surface area contributed by atoms with E-state index in [2.05, 4.69) is 20.7 Å². The quantitative estimate of drug-likeness (QED) is 0.280. The van der Waals surface area contributed by atoms with Crippen LogP contribution in [0.15, 0.2) is 66.2 Å². The molecule has 0 saturated heterocycles. The van der Waals surface area contributed by atoms with E-state index in [-0.39, 0.29) is 18.3 Å². The van der Waals surface area contributed by atoms with E-state index in [4.69, 9.17) is 5.73 Å². The first-order chi connectivity index (χ1) is 17.8. The SMILES string of the molecule is NCc1cccc(-n2nc(C(F)(F)F)cc2C(=O)Nc2cccc(C(NCC3CC3)c3nccs3)c2)c1. The van der Waals surface area contributed by atoms with Gasteiger partial charge < -0.3 is 16.4 Å². The van der Waals surface area contributed by atoms with Crippen molar-refractivity contribution in [1.82, 2.24) is 20.1 Å². The van der Waals surface area contributed by atoms with Crippen molar-refractivity contribution in [2.24, 2.45) is 11.7 Å². The molecule has 2 aromatic carbocycles. The second-order valence-corrected chi connectivity index (χ2v) is 9.86. The van der Waals surface area contributed by atoms with E-state index in [0.29, 0.717) is 22.9 Å².